The van der Waals surface area contributed by atoms with Crippen LogP contribution in [0.1, 0.15) is 45.4 Å². The fourth-order valence-electron chi connectivity index (χ4n) is 3.99. The fraction of sp³-hybridized carbons (Fsp3) is 0.640. The highest BCUT2D eigenvalue weighted by molar-refractivity contribution is 5.80. The van der Waals surface area contributed by atoms with Gasteiger partial charge >= 0.3 is 0 Å². The molecule has 1 aliphatic heterocycles. The summed E-state index contributed by atoms with van der Waals surface area (Å²) in [4.78, 5) is 4.46. The predicted octanol–water partition coefficient (Wildman–Crippen LogP) is 2.17. The summed E-state index contributed by atoms with van der Waals surface area (Å²) in [5.41, 5.74) is 0.882. The summed E-state index contributed by atoms with van der Waals surface area (Å²) >= 11 is 0. The molecular formula is C25H37NO8. The maximum absolute atomic E-state index is 10.1. The number of aliphatic hydroxyl groups is 4. The highest BCUT2D eigenvalue weighted by atomic mass is 16.6. The van der Waals surface area contributed by atoms with Crippen LogP contribution in [-0.4, -0.2) is 82.5 Å². The van der Waals surface area contributed by atoms with Crippen LogP contribution in [0.15, 0.2) is 30.3 Å². The minimum atomic E-state index is -1.48. The van der Waals surface area contributed by atoms with E-state index in [0.29, 0.717) is 25.7 Å². The SMILES string of the molecule is CCOc1ccc2cc(OCCCCCCCCO[C@H]3[C@H](O)[C@@H](CO)OC(O)[C@@H]3O)ccc2n1. The third-order valence-electron chi connectivity index (χ3n) is 5.89. The first-order chi connectivity index (χ1) is 16.5. The number of hydrogen-bond donors (Lipinski definition) is 4. The van der Waals surface area contributed by atoms with E-state index in [1.807, 2.05) is 37.3 Å². The summed E-state index contributed by atoms with van der Waals surface area (Å²) in [5, 5.41) is 39.9. The van der Waals surface area contributed by atoms with Crippen LogP contribution in [0.2, 0.25) is 0 Å². The molecule has 5 atom stereocenters. The second kappa shape index (κ2) is 13.8. The Morgan fingerprint density at radius 2 is 1.62 bits per heavy atom. The average Bonchev–Trinajstić information content (AvgIpc) is 2.84. The Bertz CT molecular complexity index is 866. The minimum Gasteiger partial charge on any atom is -0.494 e. The van der Waals surface area contributed by atoms with E-state index < -0.39 is 37.3 Å². The van der Waals surface area contributed by atoms with Crippen molar-refractivity contribution in [2.45, 2.75) is 76.2 Å². The van der Waals surface area contributed by atoms with Gasteiger partial charge in [0.15, 0.2) is 6.29 Å². The van der Waals surface area contributed by atoms with Crippen LogP contribution in [0.3, 0.4) is 0 Å². The molecule has 1 fully saturated rings. The molecule has 2 heterocycles. The zero-order valence-corrected chi connectivity index (χ0v) is 19.7. The van der Waals surface area contributed by atoms with E-state index in [1.165, 1.54) is 0 Å². The maximum atomic E-state index is 10.1. The Labute approximate surface area is 200 Å². The Kier molecular flexibility index (Phi) is 10.8. The van der Waals surface area contributed by atoms with Gasteiger partial charge in [-0.2, -0.15) is 0 Å². The molecule has 0 amide bonds. The van der Waals surface area contributed by atoms with Crippen LogP contribution in [0, 0.1) is 0 Å². The lowest BCUT2D eigenvalue weighted by atomic mass is 9.99. The van der Waals surface area contributed by atoms with Gasteiger partial charge in [0.05, 0.1) is 25.3 Å². The van der Waals surface area contributed by atoms with E-state index in [4.69, 9.17) is 18.9 Å². The maximum Gasteiger partial charge on any atom is 0.213 e. The zero-order valence-electron chi connectivity index (χ0n) is 19.7. The van der Waals surface area contributed by atoms with Crippen LogP contribution in [0.5, 0.6) is 11.6 Å². The van der Waals surface area contributed by atoms with Gasteiger partial charge in [-0.3, -0.25) is 0 Å². The molecule has 190 valence electrons. The summed E-state index contributed by atoms with van der Waals surface area (Å²) in [5.74, 6) is 1.46. The van der Waals surface area contributed by atoms with Gasteiger partial charge in [-0.05, 0) is 44.0 Å². The largest absolute Gasteiger partial charge is 0.494 e. The van der Waals surface area contributed by atoms with Crippen LogP contribution in [0.25, 0.3) is 10.9 Å². The molecule has 2 aromatic rings. The molecule has 1 unspecified atom stereocenters. The fourth-order valence-corrected chi connectivity index (χ4v) is 3.99. The van der Waals surface area contributed by atoms with Gasteiger partial charge in [0.25, 0.3) is 0 Å². The van der Waals surface area contributed by atoms with Gasteiger partial charge in [-0.25, -0.2) is 4.98 Å². The van der Waals surface area contributed by atoms with Crippen LogP contribution >= 0.6 is 0 Å². The minimum absolute atomic E-state index is 0.357. The number of pyridine rings is 1. The van der Waals surface area contributed by atoms with Crippen molar-refractivity contribution < 1.29 is 39.4 Å². The standard InChI is InChI=1S/C25H37NO8/c1-2-31-21-12-9-17-15-18(10-11-19(17)26-21)32-13-7-5-3-4-6-8-14-33-24-22(28)20(16-27)34-25(30)23(24)29/h9-12,15,20,22-25,27-30H,2-8,13-14,16H2,1H3/t20-,22-,23-,24+,25?/m1/s1. The molecule has 1 aliphatic rings. The van der Waals surface area contributed by atoms with E-state index in [2.05, 4.69) is 4.98 Å². The number of unbranched alkanes of at least 4 members (excludes halogenated alkanes) is 5. The van der Waals surface area contributed by atoms with E-state index in [1.54, 1.807) is 0 Å². The van der Waals surface area contributed by atoms with Crippen molar-refractivity contribution >= 4 is 10.9 Å². The van der Waals surface area contributed by atoms with Crippen LogP contribution < -0.4 is 9.47 Å². The second-order valence-corrected chi connectivity index (χ2v) is 8.47. The lowest BCUT2D eigenvalue weighted by Gasteiger charge is -2.39. The van der Waals surface area contributed by atoms with Gasteiger partial charge in [0.2, 0.25) is 5.88 Å². The van der Waals surface area contributed by atoms with Crippen molar-refractivity contribution in [3.8, 4) is 11.6 Å². The Hall–Kier alpha value is -2.01. The molecule has 0 saturated carbocycles. The quantitative estimate of drug-likeness (QED) is 0.301. The van der Waals surface area contributed by atoms with Crippen LogP contribution in [-0.2, 0) is 9.47 Å². The molecule has 1 aromatic heterocycles. The lowest BCUT2D eigenvalue weighted by Crippen LogP contribution is -2.59. The topological polar surface area (TPSA) is 131 Å². The van der Waals surface area contributed by atoms with Crippen molar-refractivity contribution in [1.29, 1.82) is 0 Å². The first-order valence-corrected chi connectivity index (χ1v) is 12.1. The Morgan fingerprint density at radius 3 is 2.35 bits per heavy atom. The van der Waals surface area contributed by atoms with E-state index in [0.717, 1.165) is 55.2 Å². The second-order valence-electron chi connectivity index (χ2n) is 8.47. The number of hydrogen-bond acceptors (Lipinski definition) is 9. The molecule has 9 heteroatoms. The van der Waals surface area contributed by atoms with Crippen LogP contribution in [0.4, 0.5) is 0 Å². The van der Waals surface area contributed by atoms with Gasteiger partial charge in [0, 0.05) is 18.1 Å². The van der Waals surface area contributed by atoms with Crippen molar-refractivity contribution in [3.63, 3.8) is 0 Å². The highest BCUT2D eigenvalue weighted by Crippen LogP contribution is 2.24. The first-order valence-electron chi connectivity index (χ1n) is 12.1. The summed E-state index contributed by atoms with van der Waals surface area (Å²) in [6.07, 6.45) is -0.0426. The molecule has 34 heavy (non-hydrogen) atoms. The molecule has 0 bridgehead atoms. The van der Waals surface area contributed by atoms with Crippen molar-refractivity contribution in [1.82, 2.24) is 4.98 Å². The van der Waals surface area contributed by atoms with E-state index in [9.17, 15) is 20.4 Å². The Morgan fingerprint density at radius 1 is 0.882 bits per heavy atom. The number of fused-ring (bicyclic) bond motifs is 1. The number of benzene rings is 1. The number of aromatic nitrogens is 1. The smallest absolute Gasteiger partial charge is 0.213 e. The van der Waals surface area contributed by atoms with E-state index in [-0.39, 0.29) is 0 Å². The molecule has 1 aromatic carbocycles. The summed E-state index contributed by atoms with van der Waals surface area (Å²) in [6.45, 7) is 3.09. The van der Waals surface area contributed by atoms with Crippen molar-refractivity contribution in [2.75, 3.05) is 26.4 Å². The highest BCUT2D eigenvalue weighted by Gasteiger charge is 2.44. The van der Waals surface area contributed by atoms with Crippen molar-refractivity contribution in [2.24, 2.45) is 0 Å². The number of nitrogens with zero attached hydrogens (tertiary/aromatic N) is 1. The first kappa shape index (κ1) is 26.6. The molecule has 9 nitrogen and oxygen atoms in total. The molecule has 3 rings (SSSR count). The average molecular weight is 480 g/mol. The summed E-state index contributed by atoms with van der Waals surface area (Å²) in [6, 6.07) is 9.72. The Balaban J connectivity index is 1.24. The number of aliphatic hydroxyl groups excluding tert-OH is 4. The molecule has 1 saturated heterocycles. The lowest BCUT2D eigenvalue weighted by molar-refractivity contribution is -0.294. The third-order valence-corrected chi connectivity index (χ3v) is 5.89. The molecular weight excluding hydrogens is 442 g/mol. The van der Waals surface area contributed by atoms with Gasteiger partial charge in [0.1, 0.15) is 30.2 Å². The van der Waals surface area contributed by atoms with Crippen molar-refractivity contribution in [3.05, 3.63) is 30.3 Å². The number of rotatable bonds is 14. The monoisotopic (exact) mass is 479 g/mol. The zero-order chi connectivity index (χ0) is 24.3. The van der Waals surface area contributed by atoms with Gasteiger partial charge < -0.3 is 39.4 Å². The summed E-state index contributed by atoms with van der Waals surface area (Å²) < 4.78 is 21.8. The number of ether oxygens (including phenoxy) is 4. The summed E-state index contributed by atoms with van der Waals surface area (Å²) in [7, 11) is 0. The van der Waals surface area contributed by atoms with Gasteiger partial charge in [-0.15, -0.1) is 0 Å². The third kappa shape index (κ3) is 7.49. The molecule has 4 N–H and O–H groups in total. The molecule has 0 radical (unpaired) electrons. The van der Waals surface area contributed by atoms with Gasteiger partial charge in [-0.1, -0.05) is 25.7 Å². The van der Waals surface area contributed by atoms with E-state index >= 15 is 0 Å². The molecule has 0 aliphatic carbocycles. The predicted molar refractivity (Wildman–Crippen MR) is 126 cm³/mol. The normalized spacial score (nSPS) is 24.9. The molecule has 0 spiro atoms.